The molecule has 4 rings (SSSR count). The molecule has 0 radical (unpaired) electrons. The Hall–Kier alpha value is -2.29. The van der Waals surface area contributed by atoms with E-state index in [1.165, 1.54) is 11.8 Å². The molecule has 1 aromatic heterocycles. The number of thioether (sulfide) groups is 1. The largest absolute Gasteiger partial charge is 0.352 e. The second kappa shape index (κ2) is 9.46. The van der Waals surface area contributed by atoms with Crippen molar-refractivity contribution in [3.63, 3.8) is 0 Å². The second-order valence-electron chi connectivity index (χ2n) is 7.46. The Balaban J connectivity index is 1.51. The van der Waals surface area contributed by atoms with Crippen LogP contribution < -0.4 is 5.32 Å². The first-order valence-electron chi connectivity index (χ1n) is 9.87. The molecule has 1 aliphatic heterocycles. The fraction of sp³-hybridized carbons (Fsp3) is 0.273. The molecule has 0 saturated carbocycles. The van der Waals surface area contributed by atoms with E-state index in [9.17, 15) is 13.2 Å². The van der Waals surface area contributed by atoms with Gasteiger partial charge in [0.1, 0.15) is 0 Å². The number of imidazole rings is 1. The van der Waals surface area contributed by atoms with E-state index in [2.05, 4.69) is 14.9 Å². The average Bonchev–Trinajstić information content (AvgIpc) is 3.30. The van der Waals surface area contributed by atoms with E-state index in [-0.39, 0.29) is 29.2 Å². The maximum absolute atomic E-state index is 12.4. The molecule has 162 valence electrons. The molecule has 1 N–H and O–H groups in total. The predicted molar refractivity (Wildman–Crippen MR) is 124 cm³/mol. The summed E-state index contributed by atoms with van der Waals surface area (Å²) in [5.74, 6) is 0.140. The van der Waals surface area contributed by atoms with E-state index in [0.29, 0.717) is 18.0 Å². The van der Waals surface area contributed by atoms with Crippen LogP contribution in [0.3, 0.4) is 0 Å². The Morgan fingerprint density at radius 2 is 1.90 bits per heavy atom. The zero-order valence-electron chi connectivity index (χ0n) is 16.7. The fourth-order valence-electron chi connectivity index (χ4n) is 3.55. The number of rotatable bonds is 7. The Labute approximate surface area is 190 Å². The van der Waals surface area contributed by atoms with Crippen molar-refractivity contribution in [2.45, 2.75) is 24.2 Å². The molecule has 1 aliphatic rings. The summed E-state index contributed by atoms with van der Waals surface area (Å²) in [5, 5.41) is 4.22. The molecule has 0 spiro atoms. The monoisotopic (exact) mass is 475 g/mol. The summed E-state index contributed by atoms with van der Waals surface area (Å²) in [4.78, 5) is 16.9. The third-order valence-corrected chi connectivity index (χ3v) is 8.08. The Morgan fingerprint density at radius 3 is 2.58 bits per heavy atom. The molecular weight excluding hydrogens is 454 g/mol. The average molecular weight is 476 g/mol. The van der Waals surface area contributed by atoms with Crippen molar-refractivity contribution in [2.75, 3.05) is 17.3 Å². The van der Waals surface area contributed by atoms with Crippen LogP contribution in [-0.4, -0.2) is 47.2 Å². The highest BCUT2D eigenvalue weighted by atomic mass is 35.5. The Morgan fingerprint density at radius 1 is 1.16 bits per heavy atom. The zero-order valence-corrected chi connectivity index (χ0v) is 19.1. The van der Waals surface area contributed by atoms with E-state index in [4.69, 9.17) is 11.6 Å². The summed E-state index contributed by atoms with van der Waals surface area (Å²) in [6, 6.07) is 17.3. The lowest BCUT2D eigenvalue weighted by molar-refractivity contribution is -0.119. The molecule has 31 heavy (non-hydrogen) atoms. The van der Waals surface area contributed by atoms with Gasteiger partial charge in [0, 0.05) is 11.1 Å². The van der Waals surface area contributed by atoms with E-state index in [0.717, 1.165) is 22.0 Å². The molecule has 6 nitrogen and oxygen atoms in total. The van der Waals surface area contributed by atoms with Crippen LogP contribution in [0, 0.1) is 0 Å². The normalized spacial score (nSPS) is 17.5. The van der Waals surface area contributed by atoms with Gasteiger partial charge in [-0.15, -0.1) is 0 Å². The second-order valence-corrected chi connectivity index (χ2v) is 11.1. The van der Waals surface area contributed by atoms with Gasteiger partial charge in [0.25, 0.3) is 0 Å². The van der Waals surface area contributed by atoms with Crippen molar-refractivity contribution in [3.05, 3.63) is 71.4 Å². The summed E-state index contributed by atoms with van der Waals surface area (Å²) in [6.07, 6.45) is 2.28. The van der Waals surface area contributed by atoms with Crippen LogP contribution in [0.5, 0.6) is 0 Å². The highest BCUT2D eigenvalue weighted by molar-refractivity contribution is 7.99. The number of hydrogen-bond donors (Lipinski definition) is 1. The molecule has 0 bridgehead atoms. The molecule has 0 aliphatic carbocycles. The first-order valence-corrected chi connectivity index (χ1v) is 13.1. The number of aromatic nitrogens is 2. The van der Waals surface area contributed by atoms with Crippen LogP contribution in [0.1, 0.15) is 12.0 Å². The van der Waals surface area contributed by atoms with Gasteiger partial charge < -0.3 is 9.88 Å². The van der Waals surface area contributed by atoms with Gasteiger partial charge in [0.15, 0.2) is 15.0 Å². The first-order chi connectivity index (χ1) is 14.9. The van der Waals surface area contributed by atoms with Gasteiger partial charge in [-0.1, -0.05) is 65.8 Å². The molecule has 9 heteroatoms. The van der Waals surface area contributed by atoms with Crippen molar-refractivity contribution in [2.24, 2.45) is 0 Å². The Bertz CT molecular complexity index is 1160. The van der Waals surface area contributed by atoms with Crippen LogP contribution in [-0.2, 0) is 21.2 Å². The predicted octanol–water partition coefficient (Wildman–Crippen LogP) is 3.65. The van der Waals surface area contributed by atoms with Crippen molar-refractivity contribution < 1.29 is 13.2 Å². The van der Waals surface area contributed by atoms with Gasteiger partial charge in [-0.2, -0.15) is 0 Å². The molecule has 3 aromatic rings. The highest BCUT2D eigenvalue weighted by Gasteiger charge is 2.29. The minimum Gasteiger partial charge on any atom is -0.352 e. The van der Waals surface area contributed by atoms with Crippen LogP contribution in [0.4, 0.5) is 0 Å². The van der Waals surface area contributed by atoms with Gasteiger partial charge in [-0.25, -0.2) is 13.4 Å². The molecule has 1 amide bonds. The summed E-state index contributed by atoms with van der Waals surface area (Å²) in [6.45, 7) is 0.615. The van der Waals surface area contributed by atoms with Crippen molar-refractivity contribution in [1.29, 1.82) is 0 Å². The number of hydrogen-bond acceptors (Lipinski definition) is 5. The number of nitrogens with zero attached hydrogens (tertiary/aromatic N) is 2. The highest BCUT2D eigenvalue weighted by Crippen LogP contribution is 2.28. The number of carbonyl (C=O) groups excluding carboxylic acids is 1. The quantitative estimate of drug-likeness (QED) is 0.527. The summed E-state index contributed by atoms with van der Waals surface area (Å²) in [5.41, 5.74) is 3.05. The third-order valence-electron chi connectivity index (χ3n) is 5.07. The van der Waals surface area contributed by atoms with Crippen molar-refractivity contribution in [3.8, 4) is 11.3 Å². The summed E-state index contributed by atoms with van der Waals surface area (Å²) in [7, 11) is -3.03. The number of amides is 1. The molecule has 1 unspecified atom stereocenters. The molecule has 2 aromatic carbocycles. The van der Waals surface area contributed by atoms with Gasteiger partial charge in [0.05, 0.1) is 35.7 Å². The standard InChI is InChI=1S/C22H22ClN3O3S2/c23-18-8-6-17(7-9-18)20-12-24-22(26(20)13-16-4-2-1-3-5-16)30-14-21(27)25-19-10-11-31(28,29)15-19/h1-9,12,19H,10-11,13-15H2,(H,25,27). The number of carbonyl (C=O) groups is 1. The number of halogens is 1. The minimum absolute atomic E-state index is 0.0206. The van der Waals surface area contributed by atoms with Gasteiger partial charge >= 0.3 is 0 Å². The molecule has 2 heterocycles. The first kappa shape index (κ1) is 21.9. The van der Waals surface area contributed by atoms with Gasteiger partial charge in [-0.3, -0.25) is 4.79 Å². The van der Waals surface area contributed by atoms with E-state index in [1.54, 1.807) is 6.20 Å². The van der Waals surface area contributed by atoms with E-state index in [1.807, 2.05) is 54.6 Å². The topological polar surface area (TPSA) is 81.1 Å². The zero-order chi connectivity index (χ0) is 21.8. The fourth-order valence-corrected chi connectivity index (χ4v) is 6.14. The lowest BCUT2D eigenvalue weighted by Crippen LogP contribution is -2.36. The molecule has 1 saturated heterocycles. The smallest absolute Gasteiger partial charge is 0.230 e. The Kier molecular flexibility index (Phi) is 6.69. The SMILES string of the molecule is O=C(CSc1ncc(-c2ccc(Cl)cc2)n1Cc1ccccc1)NC1CCS(=O)(=O)C1. The maximum atomic E-state index is 12.4. The van der Waals surface area contributed by atoms with Crippen molar-refractivity contribution >= 4 is 39.1 Å². The van der Waals surface area contributed by atoms with Crippen molar-refractivity contribution in [1.82, 2.24) is 14.9 Å². The summed E-state index contributed by atoms with van der Waals surface area (Å²) < 4.78 is 25.3. The summed E-state index contributed by atoms with van der Waals surface area (Å²) >= 11 is 7.38. The van der Waals surface area contributed by atoms with Gasteiger partial charge in [0.2, 0.25) is 5.91 Å². The van der Waals surface area contributed by atoms with Crippen LogP contribution in [0.25, 0.3) is 11.3 Å². The minimum atomic E-state index is -3.03. The van der Waals surface area contributed by atoms with Crippen LogP contribution in [0.15, 0.2) is 66.0 Å². The van der Waals surface area contributed by atoms with E-state index < -0.39 is 9.84 Å². The molecule has 1 atom stereocenters. The van der Waals surface area contributed by atoms with Crippen LogP contribution >= 0.6 is 23.4 Å². The number of nitrogens with one attached hydrogen (secondary N) is 1. The molecular formula is C22H22ClN3O3S2. The lowest BCUT2D eigenvalue weighted by atomic mass is 10.1. The third kappa shape index (κ3) is 5.70. The van der Waals surface area contributed by atoms with E-state index >= 15 is 0 Å². The van der Waals surface area contributed by atoms with Crippen LogP contribution in [0.2, 0.25) is 5.02 Å². The van der Waals surface area contributed by atoms with Gasteiger partial charge in [-0.05, 0) is 29.7 Å². The lowest BCUT2D eigenvalue weighted by Gasteiger charge is -2.13. The molecule has 1 fully saturated rings. The number of benzene rings is 2. The maximum Gasteiger partial charge on any atom is 0.230 e. The number of sulfone groups is 1.